The van der Waals surface area contributed by atoms with Gasteiger partial charge in [0.1, 0.15) is 43.2 Å². The summed E-state index contributed by atoms with van der Waals surface area (Å²) < 4.78 is 52.4. The Morgan fingerprint density at radius 1 is 0.667 bits per heavy atom. The van der Waals surface area contributed by atoms with Crippen molar-refractivity contribution in [3.63, 3.8) is 0 Å². The number of esters is 5. The van der Waals surface area contributed by atoms with Crippen molar-refractivity contribution in [2.75, 3.05) is 19.8 Å². The number of carbonyl (C=O) groups excluding carboxylic acids is 7. The maximum Gasteiger partial charge on any atom is 0.303 e. The Bertz CT molecular complexity index is 1800. The van der Waals surface area contributed by atoms with E-state index in [1.165, 1.54) is 12.1 Å². The monoisotopic (exact) mass is 799 g/mol. The molecular weight excluding hydrogens is 754 g/mol. The van der Waals surface area contributed by atoms with E-state index in [0.29, 0.717) is 5.56 Å². The standard InChI is InChI=1S/C39H45NO17/c1-7-49-38-33(40-35(46)26-15-11-12-16-27(26)36(40)47)39(48,17-25-13-9-8-10-14-25)34(29(56-38)19-51-21(3)42)57-37-32(54-24(6)45)31(53-23(5)44)30(52-22(4)43)28(55-37)18-50-20(2)41/h8-16,28-34,37-38,48H,7,17-19H2,1-6H3/t28-,29-,30+,31+,32-,33+,34-,37+,38-,39-/m1/s1. The number of imide groups is 1. The van der Waals surface area contributed by atoms with Crippen molar-refractivity contribution in [2.24, 2.45) is 0 Å². The summed E-state index contributed by atoms with van der Waals surface area (Å²) in [6, 6.07) is 12.9. The maximum absolute atomic E-state index is 14.2. The van der Waals surface area contributed by atoms with Crippen LogP contribution in [0.1, 0.15) is 67.8 Å². The average Bonchev–Trinajstić information content (AvgIpc) is 3.38. The van der Waals surface area contributed by atoms with E-state index in [4.69, 9.17) is 42.6 Å². The molecule has 0 radical (unpaired) electrons. The van der Waals surface area contributed by atoms with Crippen LogP contribution >= 0.6 is 0 Å². The molecule has 0 aliphatic carbocycles. The van der Waals surface area contributed by atoms with Crippen LogP contribution in [-0.4, -0.2) is 132 Å². The number of nitrogens with zero attached hydrogens (tertiary/aromatic N) is 1. The Kier molecular flexibility index (Phi) is 13.8. The zero-order valence-electron chi connectivity index (χ0n) is 32.1. The molecule has 3 aliphatic rings. The lowest BCUT2D eigenvalue weighted by Crippen LogP contribution is -2.75. The second-order valence-corrected chi connectivity index (χ2v) is 13.5. The van der Waals surface area contributed by atoms with Gasteiger partial charge in [-0.1, -0.05) is 42.5 Å². The minimum atomic E-state index is -2.42. The fraction of sp³-hybridized carbons (Fsp3) is 0.513. The van der Waals surface area contributed by atoms with Crippen LogP contribution in [0.5, 0.6) is 0 Å². The van der Waals surface area contributed by atoms with E-state index in [1.807, 2.05) is 0 Å². The molecule has 2 fully saturated rings. The molecule has 5 rings (SSSR count). The van der Waals surface area contributed by atoms with Gasteiger partial charge in [0.05, 0.1) is 11.1 Å². The SMILES string of the molecule is CCO[C@@H]1O[C@H](COC(C)=O)[C@@H](O[C@@H]2O[C@H](COC(C)=O)[C@H](OC(C)=O)[C@H](OC(C)=O)[C@H]2OC(C)=O)[C@@](O)(Cc2ccccc2)[C@H]1N1C(=O)c2ccccc2C1=O. The van der Waals surface area contributed by atoms with Crippen LogP contribution in [0.3, 0.4) is 0 Å². The predicted molar refractivity (Wildman–Crippen MR) is 190 cm³/mol. The van der Waals surface area contributed by atoms with Crippen molar-refractivity contribution in [3.05, 3.63) is 71.3 Å². The molecule has 57 heavy (non-hydrogen) atoms. The molecular formula is C39H45NO17. The van der Waals surface area contributed by atoms with Crippen molar-refractivity contribution < 1.29 is 81.3 Å². The van der Waals surface area contributed by atoms with Crippen LogP contribution in [0.2, 0.25) is 0 Å². The molecule has 18 heteroatoms. The Balaban J connectivity index is 1.71. The molecule has 308 valence electrons. The maximum atomic E-state index is 14.2. The summed E-state index contributed by atoms with van der Waals surface area (Å²) in [5, 5.41) is 13.4. The zero-order valence-corrected chi connectivity index (χ0v) is 32.1. The molecule has 0 aromatic heterocycles. The number of carbonyl (C=O) groups is 7. The lowest BCUT2D eigenvalue weighted by Gasteiger charge is -2.55. The number of rotatable bonds is 14. The van der Waals surface area contributed by atoms with Gasteiger partial charge in [0, 0.05) is 47.6 Å². The zero-order chi connectivity index (χ0) is 41.6. The summed E-state index contributed by atoms with van der Waals surface area (Å²) in [7, 11) is 0. The van der Waals surface area contributed by atoms with Crippen LogP contribution < -0.4 is 0 Å². The van der Waals surface area contributed by atoms with Gasteiger partial charge in [-0.25, -0.2) is 0 Å². The highest BCUT2D eigenvalue weighted by molar-refractivity contribution is 6.21. The quantitative estimate of drug-likeness (QED) is 0.162. The fourth-order valence-electron chi connectivity index (χ4n) is 7.25. The molecule has 1 N–H and O–H groups in total. The summed E-state index contributed by atoms with van der Waals surface area (Å²) >= 11 is 0. The molecule has 0 bridgehead atoms. The second-order valence-electron chi connectivity index (χ2n) is 13.5. The third-order valence-corrected chi connectivity index (χ3v) is 9.35. The van der Waals surface area contributed by atoms with Crippen molar-refractivity contribution >= 4 is 41.7 Å². The molecule has 0 unspecified atom stereocenters. The van der Waals surface area contributed by atoms with Crippen LogP contribution in [0.4, 0.5) is 0 Å². The fourth-order valence-corrected chi connectivity index (χ4v) is 7.25. The van der Waals surface area contributed by atoms with Crippen LogP contribution in [0.25, 0.3) is 0 Å². The Hall–Kier alpha value is -5.27. The van der Waals surface area contributed by atoms with E-state index in [1.54, 1.807) is 49.4 Å². The molecule has 2 saturated heterocycles. The number of aliphatic hydroxyl groups is 1. The van der Waals surface area contributed by atoms with Crippen LogP contribution in [0.15, 0.2) is 54.6 Å². The molecule has 2 aromatic carbocycles. The Morgan fingerprint density at radius 3 is 1.68 bits per heavy atom. The molecule has 2 amide bonds. The Labute approximate surface area is 327 Å². The molecule has 3 aliphatic heterocycles. The van der Waals surface area contributed by atoms with Crippen molar-refractivity contribution in [1.29, 1.82) is 0 Å². The van der Waals surface area contributed by atoms with Gasteiger partial charge in [-0.15, -0.1) is 0 Å². The van der Waals surface area contributed by atoms with E-state index in [0.717, 1.165) is 39.5 Å². The summed E-state index contributed by atoms with van der Waals surface area (Å²) in [6.07, 6.45) is -13.4. The molecule has 0 spiro atoms. The Morgan fingerprint density at radius 2 is 1.16 bits per heavy atom. The predicted octanol–water partition coefficient (Wildman–Crippen LogP) is 1.42. The van der Waals surface area contributed by atoms with Crippen LogP contribution in [0, 0.1) is 0 Å². The van der Waals surface area contributed by atoms with E-state index in [-0.39, 0.29) is 24.2 Å². The summed E-state index contributed by atoms with van der Waals surface area (Å²) in [4.78, 5) is 90.9. The largest absolute Gasteiger partial charge is 0.463 e. The average molecular weight is 800 g/mol. The highest BCUT2D eigenvalue weighted by Gasteiger charge is 2.64. The summed E-state index contributed by atoms with van der Waals surface area (Å²) in [6.45, 7) is 5.82. The van der Waals surface area contributed by atoms with E-state index < -0.39 is 116 Å². The lowest BCUT2D eigenvalue weighted by molar-refractivity contribution is -0.369. The van der Waals surface area contributed by atoms with Gasteiger partial charge in [0.2, 0.25) is 0 Å². The molecule has 3 heterocycles. The lowest BCUT2D eigenvalue weighted by atomic mass is 9.76. The van der Waals surface area contributed by atoms with E-state index >= 15 is 0 Å². The highest BCUT2D eigenvalue weighted by Crippen LogP contribution is 2.43. The van der Waals surface area contributed by atoms with Gasteiger partial charge in [0.25, 0.3) is 11.8 Å². The molecule has 0 saturated carbocycles. The van der Waals surface area contributed by atoms with Gasteiger partial charge < -0.3 is 47.7 Å². The number of hydrogen-bond acceptors (Lipinski definition) is 17. The van der Waals surface area contributed by atoms with Crippen molar-refractivity contribution in [1.82, 2.24) is 4.90 Å². The van der Waals surface area contributed by atoms with Gasteiger partial charge in [0.15, 0.2) is 30.9 Å². The number of benzene rings is 2. The number of fused-ring (bicyclic) bond motifs is 1. The molecule has 2 aromatic rings. The van der Waals surface area contributed by atoms with E-state index in [9.17, 15) is 38.7 Å². The van der Waals surface area contributed by atoms with Gasteiger partial charge in [-0.2, -0.15) is 0 Å². The molecule has 18 nitrogen and oxygen atoms in total. The summed E-state index contributed by atoms with van der Waals surface area (Å²) in [5.74, 6) is -5.73. The third kappa shape index (κ3) is 9.65. The first-order valence-electron chi connectivity index (χ1n) is 18.1. The highest BCUT2D eigenvalue weighted by atomic mass is 16.8. The van der Waals surface area contributed by atoms with E-state index in [2.05, 4.69) is 0 Å². The third-order valence-electron chi connectivity index (χ3n) is 9.35. The van der Waals surface area contributed by atoms with Crippen LogP contribution in [-0.2, 0) is 73.0 Å². The van der Waals surface area contributed by atoms with Gasteiger partial charge >= 0.3 is 29.8 Å². The first-order chi connectivity index (χ1) is 27.0. The smallest absolute Gasteiger partial charge is 0.303 e. The summed E-state index contributed by atoms with van der Waals surface area (Å²) in [5.41, 5.74) is -1.82. The minimum Gasteiger partial charge on any atom is -0.463 e. The van der Waals surface area contributed by atoms with Gasteiger partial charge in [-0.05, 0) is 24.6 Å². The van der Waals surface area contributed by atoms with Crippen molar-refractivity contribution in [2.45, 2.75) is 109 Å². The second kappa shape index (κ2) is 18.3. The molecule has 10 atom stereocenters. The number of hydrogen-bond donors (Lipinski definition) is 1. The normalized spacial score (nSPS) is 29.5. The number of ether oxygens (including phenoxy) is 9. The topological polar surface area (TPSA) is 226 Å². The number of amides is 2. The minimum absolute atomic E-state index is 0.0305. The first-order valence-corrected chi connectivity index (χ1v) is 18.1. The van der Waals surface area contributed by atoms with Gasteiger partial charge in [-0.3, -0.25) is 38.5 Å². The van der Waals surface area contributed by atoms with Crippen molar-refractivity contribution in [3.8, 4) is 0 Å². The first kappa shape index (κ1) is 42.9.